The van der Waals surface area contributed by atoms with E-state index in [-0.39, 0.29) is 5.91 Å². The van der Waals surface area contributed by atoms with Crippen LogP contribution in [0.1, 0.15) is 22.1 Å². The van der Waals surface area contributed by atoms with Gasteiger partial charge in [-0.2, -0.15) is 0 Å². The molecule has 1 aliphatic rings. The van der Waals surface area contributed by atoms with Crippen molar-refractivity contribution in [2.75, 3.05) is 12.4 Å². The molecule has 1 amide bonds. The second-order valence-corrected chi connectivity index (χ2v) is 6.23. The van der Waals surface area contributed by atoms with Gasteiger partial charge in [0, 0.05) is 16.2 Å². The molecule has 1 unspecified atom stereocenters. The highest BCUT2D eigenvalue weighted by Gasteiger charge is 2.28. The summed E-state index contributed by atoms with van der Waals surface area (Å²) >= 11 is 6.91. The van der Waals surface area contributed by atoms with Gasteiger partial charge in [0.2, 0.25) is 0 Å². The topological polar surface area (TPSA) is 63.2 Å². The van der Waals surface area contributed by atoms with Gasteiger partial charge in [-0.15, -0.1) is 0 Å². The number of carbonyl (C=O) groups is 1. The van der Waals surface area contributed by atoms with Crippen molar-refractivity contribution in [1.29, 1.82) is 0 Å². The normalized spacial score (nSPS) is 16.7. The van der Waals surface area contributed by atoms with Crippen LogP contribution in [-0.2, 0) is 0 Å². The van der Waals surface area contributed by atoms with Crippen LogP contribution in [0, 0.1) is 0 Å². The summed E-state index contributed by atoms with van der Waals surface area (Å²) < 4.78 is 7.11. The molecular weight excluding hydrogens is 402 g/mol. The number of rotatable bonds is 2. The first-order chi connectivity index (χ1) is 10.1. The first-order valence-electron chi connectivity index (χ1n) is 6.15. The van der Waals surface area contributed by atoms with Crippen molar-refractivity contribution in [3.8, 4) is 5.75 Å². The highest BCUT2D eigenvalue weighted by Crippen LogP contribution is 2.37. The Morgan fingerprint density at radius 3 is 2.86 bits per heavy atom. The lowest BCUT2D eigenvalue weighted by Gasteiger charge is -2.28. The standard InChI is InChI=1S/C14H11Br2N3O2/c1-21-11-9(5-7(15)6-10(11)16)13-18-12-8(14(20)19-13)3-2-4-17-12/h2-6,13H,1H3,(H,17,18)(H,19,20). The fourth-order valence-corrected chi connectivity index (χ4v) is 3.67. The molecule has 1 atom stereocenters. The van der Waals surface area contributed by atoms with Gasteiger partial charge in [-0.25, -0.2) is 4.98 Å². The largest absolute Gasteiger partial charge is 0.495 e. The molecule has 0 radical (unpaired) electrons. The number of halogens is 2. The monoisotopic (exact) mass is 411 g/mol. The molecule has 0 saturated carbocycles. The van der Waals surface area contributed by atoms with Crippen LogP contribution in [0.15, 0.2) is 39.4 Å². The number of nitrogens with zero attached hydrogens (tertiary/aromatic N) is 1. The van der Waals surface area contributed by atoms with Crippen LogP contribution in [0.3, 0.4) is 0 Å². The summed E-state index contributed by atoms with van der Waals surface area (Å²) in [5.41, 5.74) is 1.34. The lowest BCUT2D eigenvalue weighted by Crippen LogP contribution is -2.39. The Balaban J connectivity index is 2.06. The van der Waals surface area contributed by atoms with Crippen LogP contribution in [-0.4, -0.2) is 18.0 Å². The number of pyridine rings is 1. The summed E-state index contributed by atoms with van der Waals surface area (Å²) in [5.74, 6) is 1.06. The van der Waals surface area contributed by atoms with Crippen molar-refractivity contribution in [1.82, 2.24) is 10.3 Å². The molecule has 0 saturated heterocycles. The number of benzene rings is 1. The van der Waals surface area contributed by atoms with E-state index in [0.717, 1.165) is 14.5 Å². The number of fused-ring (bicyclic) bond motifs is 1. The molecule has 0 bridgehead atoms. The lowest BCUT2D eigenvalue weighted by molar-refractivity contribution is 0.0934. The summed E-state index contributed by atoms with van der Waals surface area (Å²) in [6.07, 6.45) is 1.24. The van der Waals surface area contributed by atoms with Crippen molar-refractivity contribution < 1.29 is 9.53 Å². The number of anilines is 1. The Hall–Kier alpha value is -1.60. The summed E-state index contributed by atoms with van der Waals surface area (Å²) in [7, 11) is 1.59. The molecule has 5 nitrogen and oxygen atoms in total. The molecular formula is C14H11Br2N3O2. The number of ether oxygens (including phenoxy) is 1. The van der Waals surface area contributed by atoms with Crippen molar-refractivity contribution in [3.63, 3.8) is 0 Å². The quantitative estimate of drug-likeness (QED) is 0.792. The fourth-order valence-electron chi connectivity index (χ4n) is 2.25. The van der Waals surface area contributed by atoms with Gasteiger partial charge in [0.05, 0.1) is 17.1 Å². The van der Waals surface area contributed by atoms with Crippen LogP contribution >= 0.6 is 31.9 Å². The van der Waals surface area contributed by atoms with E-state index in [1.165, 1.54) is 0 Å². The van der Waals surface area contributed by atoms with Crippen molar-refractivity contribution in [2.24, 2.45) is 0 Å². The van der Waals surface area contributed by atoms with E-state index in [9.17, 15) is 4.79 Å². The molecule has 0 spiro atoms. The third kappa shape index (κ3) is 2.63. The summed E-state index contributed by atoms with van der Waals surface area (Å²) in [6, 6.07) is 7.25. The third-order valence-corrected chi connectivity index (χ3v) is 4.21. The Morgan fingerprint density at radius 1 is 1.29 bits per heavy atom. The molecule has 2 heterocycles. The van der Waals surface area contributed by atoms with Crippen LogP contribution < -0.4 is 15.4 Å². The van der Waals surface area contributed by atoms with Crippen molar-refractivity contribution in [3.05, 3.63) is 50.5 Å². The molecule has 21 heavy (non-hydrogen) atoms. The zero-order valence-corrected chi connectivity index (χ0v) is 14.2. The van der Waals surface area contributed by atoms with Gasteiger partial charge in [-0.1, -0.05) is 15.9 Å². The Bertz CT molecular complexity index is 721. The zero-order chi connectivity index (χ0) is 15.0. The van der Waals surface area contributed by atoms with Crippen LogP contribution in [0.4, 0.5) is 5.82 Å². The lowest BCUT2D eigenvalue weighted by atomic mass is 10.1. The minimum atomic E-state index is -0.413. The molecule has 108 valence electrons. The maximum atomic E-state index is 12.2. The molecule has 2 aromatic rings. The van der Waals surface area contributed by atoms with E-state index in [4.69, 9.17) is 4.74 Å². The number of carbonyl (C=O) groups excluding carboxylic acids is 1. The van der Waals surface area contributed by atoms with E-state index in [0.29, 0.717) is 17.1 Å². The van der Waals surface area contributed by atoms with E-state index < -0.39 is 6.17 Å². The zero-order valence-electron chi connectivity index (χ0n) is 11.0. The Morgan fingerprint density at radius 2 is 2.10 bits per heavy atom. The van der Waals surface area contributed by atoms with E-state index >= 15 is 0 Å². The predicted octanol–water partition coefficient (Wildman–Crippen LogP) is 3.47. The van der Waals surface area contributed by atoms with Gasteiger partial charge < -0.3 is 15.4 Å². The Labute approximate surface area is 138 Å². The van der Waals surface area contributed by atoms with Gasteiger partial charge in [0.15, 0.2) is 0 Å². The van der Waals surface area contributed by atoms with Crippen LogP contribution in [0.2, 0.25) is 0 Å². The first kappa shape index (κ1) is 14.3. The maximum Gasteiger partial charge on any atom is 0.256 e. The van der Waals surface area contributed by atoms with Gasteiger partial charge in [0.1, 0.15) is 17.7 Å². The molecule has 0 aliphatic carbocycles. The molecule has 1 aliphatic heterocycles. The van der Waals surface area contributed by atoms with Gasteiger partial charge >= 0.3 is 0 Å². The predicted molar refractivity (Wildman–Crippen MR) is 86.5 cm³/mol. The van der Waals surface area contributed by atoms with Crippen molar-refractivity contribution in [2.45, 2.75) is 6.17 Å². The summed E-state index contributed by atoms with van der Waals surface area (Å²) in [6.45, 7) is 0. The number of hydrogen-bond acceptors (Lipinski definition) is 4. The Kier molecular flexibility index (Phi) is 3.86. The van der Waals surface area contributed by atoms with E-state index in [1.807, 2.05) is 12.1 Å². The number of amides is 1. The maximum absolute atomic E-state index is 12.2. The summed E-state index contributed by atoms with van der Waals surface area (Å²) in [4.78, 5) is 16.4. The van der Waals surface area contributed by atoms with Gasteiger partial charge in [-0.3, -0.25) is 4.79 Å². The van der Waals surface area contributed by atoms with E-state index in [2.05, 4.69) is 47.5 Å². The second-order valence-electron chi connectivity index (χ2n) is 4.46. The SMILES string of the molecule is COc1c(Br)cc(Br)cc1C1NC(=O)c2cccnc2N1. The number of nitrogens with one attached hydrogen (secondary N) is 2. The third-order valence-electron chi connectivity index (χ3n) is 3.16. The average molecular weight is 413 g/mol. The molecule has 2 N–H and O–H groups in total. The number of methoxy groups -OCH3 is 1. The van der Waals surface area contributed by atoms with Gasteiger partial charge in [0.25, 0.3) is 5.91 Å². The average Bonchev–Trinajstić information content (AvgIpc) is 2.46. The number of hydrogen-bond donors (Lipinski definition) is 2. The first-order valence-corrected chi connectivity index (χ1v) is 7.74. The smallest absolute Gasteiger partial charge is 0.256 e. The highest BCUT2D eigenvalue weighted by atomic mass is 79.9. The number of aromatic nitrogens is 1. The minimum Gasteiger partial charge on any atom is -0.495 e. The molecule has 1 aromatic carbocycles. The highest BCUT2D eigenvalue weighted by molar-refractivity contribution is 9.11. The van der Waals surface area contributed by atoms with Crippen molar-refractivity contribution >= 4 is 43.6 Å². The molecule has 1 aromatic heterocycles. The van der Waals surface area contributed by atoms with Gasteiger partial charge in [-0.05, 0) is 40.2 Å². The molecule has 3 rings (SSSR count). The second kappa shape index (κ2) is 5.65. The molecule has 7 heteroatoms. The summed E-state index contributed by atoms with van der Waals surface area (Å²) in [5, 5.41) is 6.11. The minimum absolute atomic E-state index is 0.167. The van der Waals surface area contributed by atoms with E-state index in [1.54, 1.807) is 25.4 Å². The van der Waals surface area contributed by atoms with Crippen LogP contribution in [0.5, 0.6) is 5.75 Å². The fraction of sp³-hybridized carbons (Fsp3) is 0.143. The van der Waals surface area contributed by atoms with Crippen LogP contribution in [0.25, 0.3) is 0 Å². The molecule has 0 fully saturated rings.